The lowest BCUT2D eigenvalue weighted by Gasteiger charge is -2.11. The van der Waals surface area contributed by atoms with Gasteiger partial charge in [0.2, 0.25) is 0 Å². The van der Waals surface area contributed by atoms with Crippen molar-refractivity contribution in [3.8, 4) is 11.3 Å². The number of benzene rings is 1. The molecule has 18 heavy (non-hydrogen) atoms. The van der Waals surface area contributed by atoms with Crippen LogP contribution in [-0.4, -0.2) is 22.6 Å². The van der Waals surface area contributed by atoms with Crippen LogP contribution in [0.4, 0.5) is 0 Å². The van der Waals surface area contributed by atoms with Crippen LogP contribution in [0.15, 0.2) is 34.9 Å². The average molecular weight is 306 g/mol. The van der Waals surface area contributed by atoms with E-state index < -0.39 is 0 Å². The first-order valence-corrected chi connectivity index (χ1v) is 7.04. The van der Waals surface area contributed by atoms with Crippen LogP contribution in [-0.2, 0) is 7.05 Å². The first kappa shape index (κ1) is 11.9. The van der Waals surface area contributed by atoms with Crippen LogP contribution >= 0.6 is 15.9 Å². The van der Waals surface area contributed by atoms with Crippen LogP contribution in [0.2, 0.25) is 0 Å². The van der Waals surface area contributed by atoms with E-state index in [1.807, 2.05) is 12.3 Å². The molecule has 4 heteroatoms. The summed E-state index contributed by atoms with van der Waals surface area (Å²) in [5.41, 5.74) is 2.37. The van der Waals surface area contributed by atoms with Gasteiger partial charge < -0.3 is 9.88 Å². The quantitative estimate of drug-likeness (QED) is 0.924. The minimum absolute atomic E-state index is 0.547. The molecule has 0 radical (unpaired) electrons. The van der Waals surface area contributed by atoms with Crippen molar-refractivity contribution in [1.29, 1.82) is 0 Å². The van der Waals surface area contributed by atoms with Gasteiger partial charge >= 0.3 is 0 Å². The number of hydrogen-bond acceptors (Lipinski definition) is 2. The van der Waals surface area contributed by atoms with Gasteiger partial charge in [0.1, 0.15) is 5.82 Å². The summed E-state index contributed by atoms with van der Waals surface area (Å²) >= 11 is 3.61. The van der Waals surface area contributed by atoms with Crippen molar-refractivity contribution in [2.75, 3.05) is 13.1 Å². The summed E-state index contributed by atoms with van der Waals surface area (Å²) in [4.78, 5) is 4.62. The Balaban J connectivity index is 2.02. The lowest BCUT2D eigenvalue weighted by Crippen LogP contribution is -2.11. The Bertz CT molecular complexity index is 556. The van der Waals surface area contributed by atoms with Crippen LogP contribution in [0, 0.1) is 0 Å². The molecule has 3 nitrogen and oxygen atoms in total. The van der Waals surface area contributed by atoms with E-state index in [-0.39, 0.29) is 0 Å². The van der Waals surface area contributed by atoms with Gasteiger partial charge in [-0.15, -0.1) is 0 Å². The molecule has 0 bridgehead atoms. The lowest BCUT2D eigenvalue weighted by atomic mass is 10.1. The lowest BCUT2D eigenvalue weighted by molar-refractivity contribution is 0.662. The first-order chi connectivity index (χ1) is 8.77. The molecular weight excluding hydrogens is 290 g/mol. The normalized spacial score (nSPS) is 19.3. The monoisotopic (exact) mass is 305 g/mol. The smallest absolute Gasteiger partial charge is 0.113 e. The van der Waals surface area contributed by atoms with Crippen molar-refractivity contribution in [2.24, 2.45) is 7.05 Å². The number of nitrogens with zero attached hydrogens (tertiary/aromatic N) is 2. The third kappa shape index (κ3) is 1.99. The minimum atomic E-state index is 0.547. The molecule has 0 spiro atoms. The molecule has 1 aliphatic heterocycles. The van der Waals surface area contributed by atoms with E-state index in [2.05, 4.69) is 56.0 Å². The Morgan fingerprint density at radius 2 is 2.22 bits per heavy atom. The maximum absolute atomic E-state index is 4.62. The standard InChI is InChI=1S/C14H16BrN3/c1-18-13(11-4-2-3-5-12(11)15)9-17-14(18)10-6-7-16-8-10/h2-5,9-10,16H,6-8H2,1H3. The number of hydrogen-bond donors (Lipinski definition) is 1. The Morgan fingerprint density at radius 3 is 2.94 bits per heavy atom. The first-order valence-electron chi connectivity index (χ1n) is 6.24. The van der Waals surface area contributed by atoms with Crippen LogP contribution in [0.5, 0.6) is 0 Å². The van der Waals surface area contributed by atoms with Gasteiger partial charge in [-0.3, -0.25) is 0 Å². The second-order valence-corrected chi connectivity index (χ2v) is 5.58. The van der Waals surface area contributed by atoms with E-state index in [1.54, 1.807) is 0 Å². The summed E-state index contributed by atoms with van der Waals surface area (Å²) in [6.07, 6.45) is 3.16. The van der Waals surface area contributed by atoms with Crippen molar-refractivity contribution in [2.45, 2.75) is 12.3 Å². The van der Waals surface area contributed by atoms with Gasteiger partial charge in [-0.2, -0.15) is 0 Å². The Morgan fingerprint density at radius 1 is 1.39 bits per heavy atom. The molecule has 1 aliphatic rings. The maximum atomic E-state index is 4.62. The van der Waals surface area contributed by atoms with Crippen LogP contribution < -0.4 is 5.32 Å². The van der Waals surface area contributed by atoms with Crippen LogP contribution in [0.1, 0.15) is 18.2 Å². The van der Waals surface area contributed by atoms with Crippen LogP contribution in [0.3, 0.4) is 0 Å². The molecule has 1 fully saturated rings. The van der Waals surface area contributed by atoms with Crippen molar-refractivity contribution in [3.63, 3.8) is 0 Å². The maximum Gasteiger partial charge on any atom is 0.113 e. The van der Waals surface area contributed by atoms with E-state index in [0.717, 1.165) is 17.6 Å². The summed E-state index contributed by atoms with van der Waals surface area (Å²) in [7, 11) is 2.11. The zero-order valence-corrected chi connectivity index (χ0v) is 11.9. The third-order valence-corrected chi connectivity index (χ3v) is 4.29. The summed E-state index contributed by atoms with van der Waals surface area (Å²) in [6, 6.07) is 8.28. The van der Waals surface area contributed by atoms with Crippen LogP contribution in [0.25, 0.3) is 11.3 Å². The molecule has 1 saturated heterocycles. The summed E-state index contributed by atoms with van der Waals surface area (Å²) in [5, 5.41) is 3.40. The van der Waals surface area contributed by atoms with E-state index in [4.69, 9.17) is 0 Å². The molecule has 1 atom stereocenters. The molecule has 94 valence electrons. The number of halogens is 1. The molecule has 0 saturated carbocycles. The van der Waals surface area contributed by atoms with Crippen molar-refractivity contribution >= 4 is 15.9 Å². The van der Waals surface area contributed by atoms with Gasteiger partial charge in [0.15, 0.2) is 0 Å². The van der Waals surface area contributed by atoms with Gasteiger partial charge in [0, 0.05) is 29.5 Å². The second-order valence-electron chi connectivity index (χ2n) is 4.73. The zero-order chi connectivity index (χ0) is 12.5. The molecule has 1 aromatic heterocycles. The highest BCUT2D eigenvalue weighted by molar-refractivity contribution is 9.10. The molecule has 1 unspecified atom stereocenters. The van der Waals surface area contributed by atoms with Gasteiger partial charge in [-0.05, 0) is 19.0 Å². The summed E-state index contributed by atoms with van der Waals surface area (Å²) in [5.74, 6) is 1.73. The molecule has 0 aliphatic carbocycles. The van der Waals surface area contributed by atoms with E-state index in [0.29, 0.717) is 5.92 Å². The highest BCUT2D eigenvalue weighted by Crippen LogP contribution is 2.30. The van der Waals surface area contributed by atoms with Gasteiger partial charge in [0.05, 0.1) is 11.9 Å². The third-order valence-electron chi connectivity index (χ3n) is 3.60. The molecule has 3 rings (SSSR count). The average Bonchev–Trinajstić information content (AvgIpc) is 2.99. The molecule has 2 aromatic rings. The van der Waals surface area contributed by atoms with Crippen molar-refractivity contribution in [3.05, 3.63) is 40.8 Å². The van der Waals surface area contributed by atoms with Crippen molar-refractivity contribution in [1.82, 2.24) is 14.9 Å². The largest absolute Gasteiger partial charge is 0.331 e. The predicted octanol–water partition coefficient (Wildman–Crippen LogP) is 2.93. The molecule has 1 aromatic carbocycles. The Hall–Kier alpha value is -1.13. The van der Waals surface area contributed by atoms with E-state index >= 15 is 0 Å². The fourth-order valence-electron chi connectivity index (χ4n) is 2.60. The van der Waals surface area contributed by atoms with Crippen molar-refractivity contribution < 1.29 is 0 Å². The van der Waals surface area contributed by atoms with Gasteiger partial charge in [-0.1, -0.05) is 34.1 Å². The second kappa shape index (κ2) is 4.86. The highest BCUT2D eigenvalue weighted by Gasteiger charge is 2.22. The van der Waals surface area contributed by atoms with Gasteiger partial charge in [-0.25, -0.2) is 4.98 Å². The van der Waals surface area contributed by atoms with Gasteiger partial charge in [0.25, 0.3) is 0 Å². The fourth-order valence-corrected chi connectivity index (χ4v) is 3.09. The number of imidazole rings is 1. The van der Waals surface area contributed by atoms with E-state index in [9.17, 15) is 0 Å². The number of aromatic nitrogens is 2. The number of rotatable bonds is 2. The topological polar surface area (TPSA) is 29.9 Å². The zero-order valence-electron chi connectivity index (χ0n) is 10.4. The molecule has 1 N–H and O–H groups in total. The Labute approximate surface area is 115 Å². The predicted molar refractivity (Wildman–Crippen MR) is 76.6 cm³/mol. The highest BCUT2D eigenvalue weighted by atomic mass is 79.9. The SMILES string of the molecule is Cn1c(-c2ccccc2Br)cnc1C1CCNC1. The summed E-state index contributed by atoms with van der Waals surface area (Å²) in [6.45, 7) is 2.14. The molecule has 2 heterocycles. The minimum Gasteiger partial charge on any atom is -0.331 e. The fraction of sp³-hybridized carbons (Fsp3) is 0.357. The Kier molecular flexibility index (Phi) is 3.22. The van der Waals surface area contributed by atoms with E-state index in [1.165, 1.54) is 23.5 Å². The molecular formula is C14H16BrN3. The summed E-state index contributed by atoms with van der Waals surface area (Å²) < 4.78 is 3.33. The molecule has 0 amide bonds. The number of nitrogens with one attached hydrogen (secondary N) is 1.